The number of likely N-dealkylation sites (N-methyl/N-ethyl adjacent to an activating group) is 1. The molecule has 2 aromatic heterocycles. The van der Waals surface area contributed by atoms with E-state index in [9.17, 15) is 9.18 Å². The van der Waals surface area contributed by atoms with E-state index in [0.717, 1.165) is 19.5 Å². The van der Waals surface area contributed by atoms with Crippen molar-refractivity contribution < 1.29 is 4.39 Å². The van der Waals surface area contributed by atoms with Gasteiger partial charge in [0.15, 0.2) is 5.82 Å². The molecule has 0 unspecified atom stereocenters. The van der Waals surface area contributed by atoms with Gasteiger partial charge in [-0.05, 0) is 26.6 Å². The highest BCUT2D eigenvalue weighted by molar-refractivity contribution is 6.32. The summed E-state index contributed by atoms with van der Waals surface area (Å²) in [6, 6.07) is 3.20. The van der Waals surface area contributed by atoms with E-state index >= 15 is 0 Å². The number of halogens is 2. The van der Waals surface area contributed by atoms with Gasteiger partial charge in [0, 0.05) is 37.0 Å². The Morgan fingerprint density at radius 2 is 2.26 bits per heavy atom. The third kappa shape index (κ3) is 3.20. The number of aromatic amines is 1. The Balaban J connectivity index is 2.00. The molecule has 1 saturated heterocycles. The van der Waals surface area contributed by atoms with Crippen LogP contribution in [0.4, 0.5) is 10.2 Å². The molecule has 8 heteroatoms. The molecule has 0 aliphatic carbocycles. The number of aromatic nitrogens is 3. The van der Waals surface area contributed by atoms with Gasteiger partial charge in [-0.25, -0.2) is 9.97 Å². The lowest BCUT2D eigenvalue weighted by atomic mass is 10.2. The van der Waals surface area contributed by atoms with Gasteiger partial charge in [0.05, 0.1) is 0 Å². The summed E-state index contributed by atoms with van der Waals surface area (Å²) in [4.78, 5) is 26.8. The second-order valence-corrected chi connectivity index (χ2v) is 6.15. The lowest BCUT2D eigenvalue weighted by molar-refractivity contribution is 0.315. The second kappa shape index (κ2) is 6.25. The molecule has 1 N–H and O–H groups in total. The topological polar surface area (TPSA) is 65.1 Å². The van der Waals surface area contributed by atoms with Crippen molar-refractivity contribution in [3.8, 4) is 11.4 Å². The molecule has 6 nitrogen and oxygen atoms in total. The Bertz CT molecular complexity index is 779. The molecule has 2 aromatic rings. The summed E-state index contributed by atoms with van der Waals surface area (Å²) in [6.45, 7) is 1.51. The fraction of sp³-hybridized carbons (Fsp3) is 0.400. The minimum atomic E-state index is -0.629. The number of pyridine rings is 1. The number of nitrogens with one attached hydrogen (secondary N) is 1. The molecule has 1 fully saturated rings. The molecule has 3 rings (SSSR count). The molecule has 0 amide bonds. The van der Waals surface area contributed by atoms with E-state index < -0.39 is 11.5 Å². The van der Waals surface area contributed by atoms with Crippen molar-refractivity contribution >= 4 is 17.4 Å². The summed E-state index contributed by atoms with van der Waals surface area (Å²) < 4.78 is 13.3. The summed E-state index contributed by atoms with van der Waals surface area (Å²) in [7, 11) is 4.04. The first-order valence-corrected chi connectivity index (χ1v) is 7.66. The van der Waals surface area contributed by atoms with Crippen LogP contribution in [0.1, 0.15) is 6.42 Å². The van der Waals surface area contributed by atoms with Gasteiger partial charge in [-0.15, -0.1) is 0 Å². The maximum atomic E-state index is 13.3. The Morgan fingerprint density at radius 1 is 1.48 bits per heavy atom. The molecule has 0 saturated carbocycles. The van der Waals surface area contributed by atoms with Crippen molar-refractivity contribution in [2.24, 2.45) is 0 Å². The lowest BCUT2D eigenvalue weighted by Crippen LogP contribution is -2.32. The first-order chi connectivity index (χ1) is 11.0. The predicted octanol–water partition coefficient (Wildman–Crippen LogP) is 1.76. The highest BCUT2D eigenvalue weighted by Crippen LogP contribution is 2.27. The monoisotopic (exact) mass is 337 g/mol. The first-order valence-electron chi connectivity index (χ1n) is 7.29. The quantitative estimate of drug-likeness (QED) is 0.865. The van der Waals surface area contributed by atoms with Crippen LogP contribution in [0.5, 0.6) is 0 Å². The third-order valence-electron chi connectivity index (χ3n) is 4.04. The minimum absolute atomic E-state index is 0.0580. The van der Waals surface area contributed by atoms with Crippen LogP contribution in [-0.2, 0) is 0 Å². The van der Waals surface area contributed by atoms with Gasteiger partial charge in [0.25, 0.3) is 5.56 Å². The summed E-state index contributed by atoms with van der Waals surface area (Å²) in [5.41, 5.74) is 0.0214. The molecule has 0 bridgehead atoms. The highest BCUT2D eigenvalue weighted by Gasteiger charge is 2.27. The van der Waals surface area contributed by atoms with Crippen LogP contribution >= 0.6 is 11.6 Å². The third-order valence-corrected chi connectivity index (χ3v) is 4.38. The Kier molecular flexibility index (Phi) is 4.32. The van der Waals surface area contributed by atoms with E-state index in [1.165, 1.54) is 12.3 Å². The molecule has 1 aliphatic heterocycles. The average Bonchev–Trinajstić information content (AvgIpc) is 3.00. The number of rotatable bonds is 3. The zero-order valence-corrected chi connectivity index (χ0v) is 13.6. The van der Waals surface area contributed by atoms with Crippen LogP contribution < -0.4 is 10.5 Å². The zero-order valence-electron chi connectivity index (χ0n) is 12.9. The number of H-pyrrole nitrogens is 1. The van der Waals surface area contributed by atoms with E-state index in [1.807, 2.05) is 19.0 Å². The van der Waals surface area contributed by atoms with E-state index in [4.69, 9.17) is 11.6 Å². The van der Waals surface area contributed by atoms with Gasteiger partial charge < -0.3 is 14.8 Å². The van der Waals surface area contributed by atoms with Gasteiger partial charge in [-0.3, -0.25) is 4.79 Å². The summed E-state index contributed by atoms with van der Waals surface area (Å²) in [5, 5.41) is 0.0580. The number of anilines is 1. The van der Waals surface area contributed by atoms with Crippen LogP contribution in [0.2, 0.25) is 5.02 Å². The fourth-order valence-corrected chi connectivity index (χ4v) is 2.91. The molecule has 23 heavy (non-hydrogen) atoms. The Morgan fingerprint density at radius 3 is 2.91 bits per heavy atom. The molecular formula is C15H17ClFN5O. The first kappa shape index (κ1) is 15.9. The second-order valence-electron chi connectivity index (χ2n) is 5.77. The van der Waals surface area contributed by atoms with Gasteiger partial charge in [0.2, 0.25) is 5.95 Å². The molecular weight excluding hydrogens is 321 g/mol. The molecule has 122 valence electrons. The lowest BCUT2D eigenvalue weighted by Gasteiger charge is -2.21. The van der Waals surface area contributed by atoms with E-state index in [2.05, 4.69) is 19.9 Å². The molecule has 1 atom stereocenters. The van der Waals surface area contributed by atoms with Gasteiger partial charge >= 0.3 is 0 Å². The Hall–Kier alpha value is -1.99. The zero-order chi connectivity index (χ0) is 16.6. The molecule has 0 spiro atoms. The summed E-state index contributed by atoms with van der Waals surface area (Å²) >= 11 is 6.14. The standard InChI is InChI=1S/C15H17ClFN5O/c1-21(2)10-4-6-22(8-10)14-12(16)15(23)20-13(19-14)9-3-5-18-11(17)7-9/h3,5,7,10H,4,6,8H2,1-2H3,(H,19,20,23)/t10-/m0/s1. The van der Waals surface area contributed by atoms with Gasteiger partial charge in [-0.1, -0.05) is 11.6 Å². The minimum Gasteiger partial charge on any atom is -0.354 e. The maximum Gasteiger partial charge on any atom is 0.272 e. The smallest absolute Gasteiger partial charge is 0.272 e. The van der Waals surface area contributed by atoms with Crippen molar-refractivity contribution in [3.05, 3.63) is 39.7 Å². The van der Waals surface area contributed by atoms with Crippen LogP contribution in [0, 0.1) is 5.95 Å². The Labute approximate surface area is 137 Å². The predicted molar refractivity (Wildman–Crippen MR) is 87.4 cm³/mol. The van der Waals surface area contributed by atoms with E-state index in [-0.39, 0.29) is 10.8 Å². The number of hydrogen-bond donors (Lipinski definition) is 1. The molecule has 0 aromatic carbocycles. The SMILES string of the molecule is CN(C)[C@H]1CCN(c2nc(-c3ccnc(F)c3)[nH]c(=O)c2Cl)C1. The van der Waals surface area contributed by atoms with Crippen LogP contribution in [0.15, 0.2) is 23.1 Å². The van der Waals surface area contributed by atoms with Crippen molar-refractivity contribution in [3.63, 3.8) is 0 Å². The molecule has 3 heterocycles. The summed E-state index contributed by atoms with van der Waals surface area (Å²) in [6.07, 6.45) is 2.30. The van der Waals surface area contributed by atoms with Crippen molar-refractivity contribution in [2.75, 3.05) is 32.1 Å². The maximum absolute atomic E-state index is 13.3. The normalized spacial score (nSPS) is 18.0. The average molecular weight is 338 g/mol. The number of nitrogens with zero attached hydrogens (tertiary/aromatic N) is 4. The largest absolute Gasteiger partial charge is 0.354 e. The van der Waals surface area contributed by atoms with Gasteiger partial charge in [-0.2, -0.15) is 4.39 Å². The van der Waals surface area contributed by atoms with Gasteiger partial charge in [0.1, 0.15) is 10.8 Å². The molecule has 0 radical (unpaired) electrons. The molecule has 1 aliphatic rings. The van der Waals surface area contributed by atoms with Crippen molar-refractivity contribution in [2.45, 2.75) is 12.5 Å². The fourth-order valence-electron chi connectivity index (χ4n) is 2.70. The van der Waals surface area contributed by atoms with Crippen molar-refractivity contribution in [1.82, 2.24) is 19.9 Å². The van der Waals surface area contributed by atoms with E-state index in [1.54, 1.807) is 6.07 Å². The van der Waals surface area contributed by atoms with Crippen LogP contribution in [-0.4, -0.2) is 53.1 Å². The highest BCUT2D eigenvalue weighted by atomic mass is 35.5. The number of hydrogen-bond acceptors (Lipinski definition) is 5. The summed E-state index contributed by atoms with van der Waals surface area (Å²) in [5.74, 6) is 0.0893. The van der Waals surface area contributed by atoms with E-state index in [0.29, 0.717) is 17.4 Å². The van der Waals surface area contributed by atoms with Crippen LogP contribution in [0.25, 0.3) is 11.4 Å². The van der Waals surface area contributed by atoms with Crippen molar-refractivity contribution in [1.29, 1.82) is 0 Å². The van der Waals surface area contributed by atoms with Crippen LogP contribution in [0.3, 0.4) is 0 Å².